The van der Waals surface area contributed by atoms with E-state index in [2.05, 4.69) is 5.32 Å². The molecule has 0 unspecified atom stereocenters. The molecule has 96 valence electrons. The number of halogens is 1. The third-order valence-corrected chi connectivity index (χ3v) is 3.00. The zero-order valence-corrected chi connectivity index (χ0v) is 11.2. The van der Waals surface area contributed by atoms with E-state index >= 15 is 0 Å². The highest BCUT2D eigenvalue weighted by Crippen LogP contribution is 2.25. The number of ether oxygens (including phenoxy) is 1. The van der Waals surface area contributed by atoms with Crippen molar-refractivity contribution in [2.75, 3.05) is 12.4 Å². The quantitative estimate of drug-likeness (QED) is 0.911. The fraction of sp³-hybridized carbons (Fsp3) is 0.133. The van der Waals surface area contributed by atoms with Gasteiger partial charge in [-0.15, -0.1) is 0 Å². The largest absolute Gasteiger partial charge is 0.380 e. The number of benzene rings is 2. The van der Waals surface area contributed by atoms with Crippen LogP contribution in [0.1, 0.15) is 11.1 Å². The molecular formula is C15H13ClN2O. The van der Waals surface area contributed by atoms with E-state index in [-0.39, 0.29) is 0 Å². The summed E-state index contributed by atoms with van der Waals surface area (Å²) in [5, 5.41) is 12.6. The van der Waals surface area contributed by atoms with E-state index < -0.39 is 0 Å². The van der Waals surface area contributed by atoms with Crippen molar-refractivity contribution in [3.05, 3.63) is 58.6 Å². The molecule has 4 heteroatoms. The summed E-state index contributed by atoms with van der Waals surface area (Å²) in [6, 6.07) is 15.2. The highest BCUT2D eigenvalue weighted by atomic mass is 35.5. The fourth-order valence-electron chi connectivity index (χ4n) is 1.76. The van der Waals surface area contributed by atoms with Gasteiger partial charge in [0.05, 0.1) is 17.2 Å². The first-order valence-corrected chi connectivity index (χ1v) is 6.16. The minimum atomic E-state index is 0.441. The number of methoxy groups -OCH3 is 1. The third kappa shape index (κ3) is 3.25. The van der Waals surface area contributed by atoms with Crippen LogP contribution in [0.2, 0.25) is 5.02 Å². The highest BCUT2D eigenvalue weighted by Gasteiger charge is 2.04. The molecule has 19 heavy (non-hydrogen) atoms. The monoisotopic (exact) mass is 272 g/mol. The summed E-state index contributed by atoms with van der Waals surface area (Å²) in [7, 11) is 1.66. The van der Waals surface area contributed by atoms with Crippen molar-refractivity contribution in [3.63, 3.8) is 0 Å². The molecule has 0 saturated carbocycles. The molecule has 1 N–H and O–H groups in total. The minimum Gasteiger partial charge on any atom is -0.380 e. The van der Waals surface area contributed by atoms with E-state index in [1.165, 1.54) is 0 Å². The van der Waals surface area contributed by atoms with Crippen LogP contribution < -0.4 is 5.32 Å². The van der Waals surface area contributed by atoms with Gasteiger partial charge in [-0.2, -0.15) is 5.26 Å². The van der Waals surface area contributed by atoms with Crippen LogP contribution in [-0.4, -0.2) is 7.11 Å². The van der Waals surface area contributed by atoms with Gasteiger partial charge in [0.15, 0.2) is 0 Å². The summed E-state index contributed by atoms with van der Waals surface area (Å²) >= 11 is 6.01. The molecule has 0 aliphatic rings. The van der Waals surface area contributed by atoms with Gasteiger partial charge in [0.25, 0.3) is 0 Å². The minimum absolute atomic E-state index is 0.441. The Labute approximate surface area is 117 Å². The van der Waals surface area contributed by atoms with Crippen molar-refractivity contribution in [1.82, 2.24) is 0 Å². The Kier molecular flexibility index (Phi) is 4.40. The molecule has 0 atom stereocenters. The van der Waals surface area contributed by atoms with Crippen molar-refractivity contribution in [2.24, 2.45) is 0 Å². The smallest absolute Gasteiger partial charge is 0.101 e. The number of nitriles is 1. The average molecular weight is 273 g/mol. The number of anilines is 2. The van der Waals surface area contributed by atoms with E-state index in [9.17, 15) is 0 Å². The number of hydrogen-bond acceptors (Lipinski definition) is 3. The summed E-state index contributed by atoms with van der Waals surface area (Å²) in [6.45, 7) is 0.535. The average Bonchev–Trinajstić information content (AvgIpc) is 2.41. The Morgan fingerprint density at radius 2 is 2.05 bits per heavy atom. The fourth-order valence-corrected chi connectivity index (χ4v) is 1.99. The Morgan fingerprint density at radius 3 is 2.74 bits per heavy atom. The van der Waals surface area contributed by atoms with Crippen LogP contribution in [0, 0.1) is 11.3 Å². The molecule has 0 bridgehead atoms. The molecule has 2 aromatic carbocycles. The standard InChI is InChI=1S/C15H13ClN2O/c1-19-10-12-4-2-3-5-15(12)18-13-7-6-11(9-17)14(16)8-13/h2-8,18H,10H2,1H3. The second kappa shape index (κ2) is 6.24. The number of nitrogens with one attached hydrogen (secondary N) is 1. The molecule has 0 amide bonds. The van der Waals surface area contributed by atoms with Crippen LogP contribution in [0.15, 0.2) is 42.5 Å². The molecule has 0 saturated heterocycles. The summed E-state index contributed by atoms with van der Waals surface area (Å²) in [5.41, 5.74) is 3.33. The first-order chi connectivity index (χ1) is 9.24. The normalized spacial score (nSPS) is 9.95. The Balaban J connectivity index is 2.26. The summed E-state index contributed by atoms with van der Waals surface area (Å²) in [4.78, 5) is 0. The van der Waals surface area contributed by atoms with Gasteiger partial charge in [-0.3, -0.25) is 0 Å². The third-order valence-electron chi connectivity index (χ3n) is 2.69. The molecule has 0 spiro atoms. The molecule has 2 aromatic rings. The van der Waals surface area contributed by atoms with Crippen LogP contribution in [-0.2, 0) is 11.3 Å². The van der Waals surface area contributed by atoms with Gasteiger partial charge in [-0.25, -0.2) is 0 Å². The zero-order valence-electron chi connectivity index (χ0n) is 10.5. The second-order valence-corrected chi connectivity index (χ2v) is 4.43. The van der Waals surface area contributed by atoms with Gasteiger partial charge >= 0.3 is 0 Å². The Bertz CT molecular complexity index is 620. The maximum absolute atomic E-state index is 8.84. The molecule has 0 heterocycles. The number of rotatable bonds is 4. The van der Waals surface area contributed by atoms with Crippen molar-refractivity contribution in [1.29, 1.82) is 5.26 Å². The summed E-state index contributed by atoms with van der Waals surface area (Å²) in [5.74, 6) is 0. The van der Waals surface area contributed by atoms with Crippen molar-refractivity contribution >= 4 is 23.0 Å². The highest BCUT2D eigenvalue weighted by molar-refractivity contribution is 6.32. The van der Waals surface area contributed by atoms with Gasteiger partial charge in [-0.1, -0.05) is 29.8 Å². The molecule has 0 aliphatic heterocycles. The van der Waals surface area contributed by atoms with Crippen LogP contribution in [0.5, 0.6) is 0 Å². The van der Waals surface area contributed by atoms with E-state index in [4.69, 9.17) is 21.6 Å². The van der Waals surface area contributed by atoms with Crippen molar-refractivity contribution < 1.29 is 4.74 Å². The van der Waals surface area contributed by atoms with Gasteiger partial charge in [0.2, 0.25) is 0 Å². The summed E-state index contributed by atoms with van der Waals surface area (Å²) < 4.78 is 5.16. The lowest BCUT2D eigenvalue weighted by Gasteiger charge is -2.12. The number of hydrogen-bond donors (Lipinski definition) is 1. The molecule has 2 rings (SSSR count). The maximum Gasteiger partial charge on any atom is 0.101 e. The topological polar surface area (TPSA) is 45.0 Å². The first-order valence-electron chi connectivity index (χ1n) is 5.78. The Morgan fingerprint density at radius 1 is 1.26 bits per heavy atom. The molecule has 0 fully saturated rings. The predicted octanol–water partition coefficient (Wildman–Crippen LogP) is 4.10. The van der Waals surface area contributed by atoms with Crippen molar-refractivity contribution in [2.45, 2.75) is 6.61 Å². The van der Waals surface area contributed by atoms with E-state index in [0.29, 0.717) is 17.2 Å². The van der Waals surface area contributed by atoms with Crippen LogP contribution >= 0.6 is 11.6 Å². The second-order valence-electron chi connectivity index (χ2n) is 4.02. The van der Waals surface area contributed by atoms with Gasteiger partial charge in [0.1, 0.15) is 6.07 Å². The predicted molar refractivity (Wildman–Crippen MR) is 76.6 cm³/mol. The van der Waals surface area contributed by atoms with Gasteiger partial charge < -0.3 is 10.1 Å². The van der Waals surface area contributed by atoms with Crippen LogP contribution in [0.3, 0.4) is 0 Å². The molecule has 0 radical (unpaired) electrons. The molecule has 0 aromatic heterocycles. The lowest BCUT2D eigenvalue weighted by atomic mass is 10.1. The first kappa shape index (κ1) is 13.4. The Hall–Kier alpha value is -2.02. The maximum atomic E-state index is 8.84. The van der Waals surface area contributed by atoms with Crippen LogP contribution in [0.4, 0.5) is 11.4 Å². The summed E-state index contributed by atoms with van der Waals surface area (Å²) in [6.07, 6.45) is 0. The van der Waals surface area contributed by atoms with E-state index in [0.717, 1.165) is 16.9 Å². The lowest BCUT2D eigenvalue weighted by Crippen LogP contribution is -1.97. The lowest BCUT2D eigenvalue weighted by molar-refractivity contribution is 0.185. The van der Waals surface area contributed by atoms with Crippen LogP contribution in [0.25, 0.3) is 0 Å². The van der Waals surface area contributed by atoms with E-state index in [1.807, 2.05) is 36.4 Å². The zero-order chi connectivity index (χ0) is 13.7. The molecule has 0 aliphatic carbocycles. The molecule has 3 nitrogen and oxygen atoms in total. The van der Waals surface area contributed by atoms with Gasteiger partial charge in [0, 0.05) is 24.0 Å². The number of nitrogens with zero attached hydrogens (tertiary/aromatic N) is 1. The number of para-hydroxylation sites is 1. The molecular weight excluding hydrogens is 260 g/mol. The van der Waals surface area contributed by atoms with Crippen molar-refractivity contribution in [3.8, 4) is 6.07 Å². The van der Waals surface area contributed by atoms with E-state index in [1.54, 1.807) is 19.2 Å². The van der Waals surface area contributed by atoms with Gasteiger partial charge in [-0.05, 0) is 24.3 Å². The SMILES string of the molecule is COCc1ccccc1Nc1ccc(C#N)c(Cl)c1.